The molecule has 78 valence electrons. The molecule has 0 unspecified atom stereocenters. The Morgan fingerprint density at radius 1 is 1.07 bits per heavy atom. The molecule has 1 heteroatoms. The summed E-state index contributed by atoms with van der Waals surface area (Å²) in [6.07, 6.45) is 1.90. The first kappa shape index (κ1) is 10.2. The van der Waals surface area contributed by atoms with Crippen molar-refractivity contribution in [3.05, 3.63) is 41.6 Å². The number of nitrogens with zero attached hydrogens (tertiary/aromatic N) is 1. The first-order chi connectivity index (χ1) is 7.00. The summed E-state index contributed by atoms with van der Waals surface area (Å²) in [5, 5.41) is 1.27. The van der Waals surface area contributed by atoms with Crippen LogP contribution in [0, 0.1) is 6.92 Å². The molecule has 0 fully saturated rings. The molecule has 0 atom stereocenters. The monoisotopic (exact) mass is 199 g/mol. The number of aromatic nitrogens is 1. The fourth-order valence-corrected chi connectivity index (χ4v) is 1.92. The van der Waals surface area contributed by atoms with Crippen molar-refractivity contribution < 1.29 is 0 Å². The van der Waals surface area contributed by atoms with Crippen LogP contribution < -0.4 is 0 Å². The van der Waals surface area contributed by atoms with Gasteiger partial charge in [0.05, 0.1) is 5.52 Å². The molecular formula is C14H17N. The SMILES string of the molecule is Cc1ccnc2c(C(C)(C)C)cccc12. The van der Waals surface area contributed by atoms with E-state index >= 15 is 0 Å². The van der Waals surface area contributed by atoms with Crippen LogP contribution in [0.5, 0.6) is 0 Å². The predicted molar refractivity (Wildman–Crippen MR) is 65.2 cm³/mol. The summed E-state index contributed by atoms with van der Waals surface area (Å²) < 4.78 is 0. The van der Waals surface area contributed by atoms with Gasteiger partial charge in [0.2, 0.25) is 0 Å². The minimum Gasteiger partial charge on any atom is -0.256 e. The molecule has 0 saturated heterocycles. The Morgan fingerprint density at radius 2 is 1.80 bits per heavy atom. The summed E-state index contributed by atoms with van der Waals surface area (Å²) in [6, 6.07) is 8.51. The van der Waals surface area contributed by atoms with Crippen LogP contribution in [0.4, 0.5) is 0 Å². The van der Waals surface area contributed by atoms with E-state index in [0.29, 0.717) is 0 Å². The number of para-hydroxylation sites is 1. The zero-order valence-electron chi connectivity index (χ0n) is 9.83. The standard InChI is InChI=1S/C14H17N/c1-10-8-9-15-13-11(10)6-5-7-12(13)14(2,3)4/h5-9H,1-4H3. The van der Waals surface area contributed by atoms with Gasteiger partial charge in [-0.25, -0.2) is 0 Å². The average molecular weight is 199 g/mol. The van der Waals surface area contributed by atoms with Gasteiger partial charge in [-0.15, -0.1) is 0 Å². The quantitative estimate of drug-likeness (QED) is 0.628. The maximum absolute atomic E-state index is 4.51. The van der Waals surface area contributed by atoms with E-state index in [1.54, 1.807) is 0 Å². The third-order valence-corrected chi connectivity index (χ3v) is 2.80. The lowest BCUT2D eigenvalue weighted by Crippen LogP contribution is -2.12. The second kappa shape index (κ2) is 3.34. The largest absolute Gasteiger partial charge is 0.256 e. The van der Waals surface area contributed by atoms with Crippen LogP contribution >= 0.6 is 0 Å². The second-order valence-corrected chi connectivity index (χ2v) is 5.08. The number of benzene rings is 1. The molecule has 0 aliphatic carbocycles. The third kappa shape index (κ3) is 1.74. The highest BCUT2D eigenvalue weighted by molar-refractivity contribution is 5.85. The number of hydrogen-bond acceptors (Lipinski definition) is 1. The van der Waals surface area contributed by atoms with E-state index in [9.17, 15) is 0 Å². The molecule has 0 aliphatic rings. The van der Waals surface area contributed by atoms with Crippen LogP contribution in [-0.2, 0) is 5.41 Å². The lowest BCUT2D eigenvalue weighted by molar-refractivity contribution is 0.594. The van der Waals surface area contributed by atoms with Gasteiger partial charge < -0.3 is 0 Å². The normalized spacial score (nSPS) is 12.0. The van der Waals surface area contributed by atoms with E-state index in [0.717, 1.165) is 5.52 Å². The van der Waals surface area contributed by atoms with Gasteiger partial charge in [-0.05, 0) is 29.5 Å². The maximum atomic E-state index is 4.51. The number of aryl methyl sites for hydroxylation is 1. The molecule has 1 aromatic heterocycles. The van der Waals surface area contributed by atoms with Crippen molar-refractivity contribution >= 4 is 10.9 Å². The lowest BCUT2D eigenvalue weighted by Gasteiger charge is -2.20. The Morgan fingerprint density at radius 3 is 2.47 bits per heavy atom. The van der Waals surface area contributed by atoms with Gasteiger partial charge in [0.25, 0.3) is 0 Å². The van der Waals surface area contributed by atoms with Gasteiger partial charge in [0, 0.05) is 11.6 Å². The fourth-order valence-electron chi connectivity index (χ4n) is 1.92. The molecule has 1 aromatic carbocycles. The Balaban J connectivity index is 2.83. The van der Waals surface area contributed by atoms with E-state index in [1.165, 1.54) is 16.5 Å². The molecule has 0 amide bonds. The van der Waals surface area contributed by atoms with E-state index < -0.39 is 0 Å². The fraction of sp³-hybridized carbons (Fsp3) is 0.357. The van der Waals surface area contributed by atoms with Crippen LogP contribution in [0.1, 0.15) is 31.9 Å². The van der Waals surface area contributed by atoms with Gasteiger partial charge >= 0.3 is 0 Å². The summed E-state index contributed by atoms with van der Waals surface area (Å²) >= 11 is 0. The first-order valence-corrected chi connectivity index (χ1v) is 5.35. The molecule has 0 saturated carbocycles. The van der Waals surface area contributed by atoms with Crippen molar-refractivity contribution in [1.29, 1.82) is 0 Å². The summed E-state index contributed by atoms with van der Waals surface area (Å²) in [5.74, 6) is 0. The van der Waals surface area contributed by atoms with Crippen molar-refractivity contribution in [1.82, 2.24) is 4.98 Å². The Kier molecular flexibility index (Phi) is 2.26. The molecule has 0 radical (unpaired) electrons. The number of hydrogen-bond donors (Lipinski definition) is 0. The van der Waals surface area contributed by atoms with E-state index in [4.69, 9.17) is 0 Å². The highest BCUT2D eigenvalue weighted by Gasteiger charge is 2.17. The Bertz CT molecular complexity index is 492. The van der Waals surface area contributed by atoms with Gasteiger partial charge in [-0.2, -0.15) is 0 Å². The van der Waals surface area contributed by atoms with Crippen LogP contribution in [0.2, 0.25) is 0 Å². The summed E-state index contributed by atoms with van der Waals surface area (Å²) in [7, 11) is 0. The van der Waals surface area contributed by atoms with Gasteiger partial charge in [-0.1, -0.05) is 39.0 Å². The Hall–Kier alpha value is -1.37. The second-order valence-electron chi connectivity index (χ2n) is 5.08. The molecule has 1 heterocycles. The number of fused-ring (bicyclic) bond motifs is 1. The van der Waals surface area contributed by atoms with Crippen molar-refractivity contribution in [2.24, 2.45) is 0 Å². The molecule has 0 aliphatic heterocycles. The molecule has 2 rings (SSSR count). The van der Waals surface area contributed by atoms with Crippen molar-refractivity contribution in [2.75, 3.05) is 0 Å². The number of rotatable bonds is 0. The first-order valence-electron chi connectivity index (χ1n) is 5.35. The van der Waals surface area contributed by atoms with E-state index in [1.807, 2.05) is 6.20 Å². The highest BCUT2D eigenvalue weighted by Crippen LogP contribution is 2.29. The van der Waals surface area contributed by atoms with Crippen LogP contribution in [0.3, 0.4) is 0 Å². The summed E-state index contributed by atoms with van der Waals surface area (Å²) in [6.45, 7) is 8.82. The lowest BCUT2D eigenvalue weighted by atomic mass is 9.85. The zero-order chi connectivity index (χ0) is 11.1. The molecule has 15 heavy (non-hydrogen) atoms. The van der Waals surface area contributed by atoms with Gasteiger partial charge in [0.1, 0.15) is 0 Å². The van der Waals surface area contributed by atoms with Gasteiger partial charge in [-0.3, -0.25) is 4.98 Å². The summed E-state index contributed by atoms with van der Waals surface area (Å²) in [4.78, 5) is 4.51. The molecule has 0 spiro atoms. The van der Waals surface area contributed by atoms with Crippen LogP contribution in [0.15, 0.2) is 30.5 Å². The van der Waals surface area contributed by atoms with Crippen molar-refractivity contribution in [3.63, 3.8) is 0 Å². The van der Waals surface area contributed by atoms with Crippen LogP contribution in [0.25, 0.3) is 10.9 Å². The topological polar surface area (TPSA) is 12.9 Å². The van der Waals surface area contributed by atoms with Crippen molar-refractivity contribution in [3.8, 4) is 0 Å². The molecule has 0 N–H and O–H groups in total. The molecular weight excluding hydrogens is 182 g/mol. The third-order valence-electron chi connectivity index (χ3n) is 2.80. The van der Waals surface area contributed by atoms with E-state index in [-0.39, 0.29) is 5.41 Å². The minimum absolute atomic E-state index is 0.153. The molecule has 0 bridgehead atoms. The molecule has 2 aromatic rings. The maximum Gasteiger partial charge on any atom is 0.0741 e. The summed E-state index contributed by atoms with van der Waals surface area (Å²) in [5.41, 5.74) is 3.92. The van der Waals surface area contributed by atoms with Crippen molar-refractivity contribution in [2.45, 2.75) is 33.1 Å². The molecule has 1 nitrogen and oxygen atoms in total. The van der Waals surface area contributed by atoms with E-state index in [2.05, 4.69) is 56.9 Å². The van der Waals surface area contributed by atoms with Gasteiger partial charge in [0.15, 0.2) is 0 Å². The van der Waals surface area contributed by atoms with Crippen LogP contribution in [-0.4, -0.2) is 4.98 Å². The average Bonchev–Trinajstić information content (AvgIpc) is 2.16. The zero-order valence-corrected chi connectivity index (χ0v) is 9.83. The highest BCUT2D eigenvalue weighted by atomic mass is 14.7. The predicted octanol–water partition coefficient (Wildman–Crippen LogP) is 3.84. The number of pyridine rings is 1. The smallest absolute Gasteiger partial charge is 0.0741 e. The minimum atomic E-state index is 0.153. The Labute approximate surface area is 91.2 Å².